The van der Waals surface area contributed by atoms with Gasteiger partial charge in [0.1, 0.15) is 12.2 Å². The molecule has 0 saturated carbocycles. The zero-order chi connectivity index (χ0) is 15.4. The molecule has 0 bridgehead atoms. The number of nitrogens with one attached hydrogen (secondary N) is 1. The van der Waals surface area contributed by atoms with Crippen LogP contribution in [0.4, 0.5) is 8.78 Å². The van der Waals surface area contributed by atoms with Gasteiger partial charge in [-0.1, -0.05) is 19.9 Å². The molecule has 0 fully saturated rings. The molecule has 0 radical (unpaired) electrons. The Balaban J connectivity index is 2.19. The van der Waals surface area contributed by atoms with E-state index >= 15 is 0 Å². The summed E-state index contributed by atoms with van der Waals surface area (Å²) >= 11 is 0. The predicted octanol–water partition coefficient (Wildman–Crippen LogP) is 1.96. The molecule has 1 aromatic carbocycles. The third-order valence-corrected chi connectivity index (χ3v) is 3.17. The summed E-state index contributed by atoms with van der Waals surface area (Å²) < 4.78 is 28.1. The number of rotatable bonds is 6. The molecule has 0 saturated heterocycles. The minimum absolute atomic E-state index is 0.366. The highest BCUT2D eigenvalue weighted by atomic mass is 19.2. The molecule has 2 rings (SSSR count). The van der Waals surface area contributed by atoms with Crippen LogP contribution in [0.25, 0.3) is 0 Å². The van der Waals surface area contributed by atoms with Gasteiger partial charge in [0.2, 0.25) is 0 Å². The summed E-state index contributed by atoms with van der Waals surface area (Å²) in [5, 5.41) is 4.17. The van der Waals surface area contributed by atoms with Crippen molar-refractivity contribution in [1.82, 2.24) is 20.2 Å². The van der Waals surface area contributed by atoms with Crippen LogP contribution in [0.5, 0.6) is 0 Å². The van der Waals surface area contributed by atoms with Gasteiger partial charge in [0.25, 0.3) is 0 Å². The normalized spacial score (nSPS) is 12.9. The minimum Gasteiger partial charge on any atom is -0.271 e. The van der Waals surface area contributed by atoms with E-state index in [2.05, 4.69) is 29.4 Å². The SMILES string of the molecule is CC(C)Cn1ncnc1CC(NN)c1ccc(F)c(F)c1. The molecule has 3 N–H and O–H groups in total. The summed E-state index contributed by atoms with van der Waals surface area (Å²) in [6.45, 7) is 4.91. The average molecular weight is 295 g/mol. The third-order valence-electron chi connectivity index (χ3n) is 3.17. The van der Waals surface area contributed by atoms with Crippen LogP contribution in [0, 0.1) is 17.6 Å². The largest absolute Gasteiger partial charge is 0.271 e. The molecule has 1 aromatic heterocycles. The summed E-state index contributed by atoms with van der Waals surface area (Å²) in [6.07, 6.45) is 1.92. The van der Waals surface area contributed by atoms with Crippen molar-refractivity contribution in [3.05, 3.63) is 47.5 Å². The number of aromatic nitrogens is 3. The summed E-state index contributed by atoms with van der Waals surface area (Å²) in [7, 11) is 0. The molecule has 114 valence electrons. The Labute approximate surface area is 122 Å². The lowest BCUT2D eigenvalue weighted by Gasteiger charge is -2.17. The first kappa shape index (κ1) is 15.5. The van der Waals surface area contributed by atoms with Crippen molar-refractivity contribution >= 4 is 0 Å². The number of benzene rings is 1. The minimum atomic E-state index is -0.892. The first-order valence-electron chi connectivity index (χ1n) is 6.79. The van der Waals surface area contributed by atoms with Crippen molar-refractivity contribution in [3.63, 3.8) is 0 Å². The number of nitrogens with zero attached hydrogens (tertiary/aromatic N) is 3. The monoisotopic (exact) mass is 295 g/mol. The van der Waals surface area contributed by atoms with Crippen LogP contribution >= 0.6 is 0 Å². The van der Waals surface area contributed by atoms with E-state index in [1.54, 1.807) is 4.68 Å². The molecule has 0 aliphatic heterocycles. The van der Waals surface area contributed by atoms with E-state index in [1.165, 1.54) is 12.4 Å². The number of hydrazine groups is 1. The van der Waals surface area contributed by atoms with E-state index in [4.69, 9.17) is 5.84 Å². The first-order valence-corrected chi connectivity index (χ1v) is 6.79. The van der Waals surface area contributed by atoms with Crippen LogP contribution in [0.3, 0.4) is 0 Å². The lowest BCUT2D eigenvalue weighted by molar-refractivity contribution is 0.444. The number of hydrogen-bond acceptors (Lipinski definition) is 4. The smallest absolute Gasteiger partial charge is 0.159 e. The van der Waals surface area contributed by atoms with Gasteiger partial charge in [0, 0.05) is 13.0 Å². The van der Waals surface area contributed by atoms with E-state index in [-0.39, 0.29) is 6.04 Å². The Morgan fingerprint density at radius 2 is 2.05 bits per heavy atom. The predicted molar refractivity (Wildman–Crippen MR) is 75.0 cm³/mol. The highest BCUT2D eigenvalue weighted by molar-refractivity contribution is 5.22. The van der Waals surface area contributed by atoms with Crippen molar-refractivity contribution in [3.8, 4) is 0 Å². The van der Waals surface area contributed by atoms with Gasteiger partial charge in [0.05, 0.1) is 6.04 Å². The topological polar surface area (TPSA) is 68.8 Å². The van der Waals surface area contributed by atoms with Crippen LogP contribution in [0.2, 0.25) is 0 Å². The molecule has 0 spiro atoms. The molecule has 0 aliphatic carbocycles. The summed E-state index contributed by atoms with van der Waals surface area (Å²) in [5.41, 5.74) is 3.18. The molecule has 1 unspecified atom stereocenters. The van der Waals surface area contributed by atoms with Gasteiger partial charge in [0.15, 0.2) is 11.6 Å². The van der Waals surface area contributed by atoms with E-state index in [1.807, 2.05) is 0 Å². The summed E-state index contributed by atoms with van der Waals surface area (Å²) in [6, 6.07) is 3.37. The summed E-state index contributed by atoms with van der Waals surface area (Å²) in [5.74, 6) is 4.94. The molecule has 21 heavy (non-hydrogen) atoms. The Kier molecular flexibility index (Phi) is 4.98. The fraction of sp³-hybridized carbons (Fsp3) is 0.429. The highest BCUT2D eigenvalue weighted by Gasteiger charge is 2.17. The van der Waals surface area contributed by atoms with E-state index < -0.39 is 11.6 Å². The average Bonchev–Trinajstić information content (AvgIpc) is 2.85. The first-order chi connectivity index (χ1) is 10.0. The maximum absolute atomic E-state index is 13.3. The Morgan fingerprint density at radius 1 is 1.29 bits per heavy atom. The summed E-state index contributed by atoms with van der Waals surface area (Å²) in [4.78, 5) is 4.21. The van der Waals surface area contributed by atoms with Crippen molar-refractivity contribution in [2.75, 3.05) is 0 Å². The van der Waals surface area contributed by atoms with Crippen LogP contribution < -0.4 is 11.3 Å². The third kappa shape index (κ3) is 3.83. The highest BCUT2D eigenvalue weighted by Crippen LogP contribution is 2.19. The number of nitrogens with two attached hydrogens (primary N) is 1. The Hall–Kier alpha value is -1.86. The molecular formula is C14H19F2N5. The standard InChI is InChI=1S/C14H19F2N5/c1-9(2)7-21-14(18-8-19-21)6-13(20-17)10-3-4-11(15)12(16)5-10/h3-5,8-9,13,20H,6-7,17H2,1-2H3. The van der Waals surface area contributed by atoms with Crippen LogP contribution in [0.15, 0.2) is 24.5 Å². The molecule has 7 heteroatoms. The van der Waals surface area contributed by atoms with Crippen LogP contribution in [0.1, 0.15) is 31.3 Å². The van der Waals surface area contributed by atoms with E-state index in [9.17, 15) is 8.78 Å². The molecular weight excluding hydrogens is 276 g/mol. The van der Waals surface area contributed by atoms with Crippen molar-refractivity contribution in [1.29, 1.82) is 0 Å². The van der Waals surface area contributed by atoms with Gasteiger partial charge in [-0.05, 0) is 23.6 Å². The van der Waals surface area contributed by atoms with Gasteiger partial charge in [-0.2, -0.15) is 5.10 Å². The number of hydrogen-bond donors (Lipinski definition) is 2. The zero-order valence-corrected chi connectivity index (χ0v) is 12.1. The lowest BCUT2D eigenvalue weighted by Crippen LogP contribution is -2.30. The molecule has 5 nitrogen and oxygen atoms in total. The second-order valence-corrected chi connectivity index (χ2v) is 5.35. The second-order valence-electron chi connectivity index (χ2n) is 5.35. The van der Waals surface area contributed by atoms with Gasteiger partial charge in [-0.3, -0.25) is 11.3 Å². The maximum Gasteiger partial charge on any atom is 0.159 e. The van der Waals surface area contributed by atoms with Crippen LogP contribution in [-0.4, -0.2) is 14.8 Å². The van der Waals surface area contributed by atoms with E-state index in [0.717, 1.165) is 24.5 Å². The van der Waals surface area contributed by atoms with Gasteiger partial charge < -0.3 is 0 Å². The second kappa shape index (κ2) is 6.73. The maximum atomic E-state index is 13.3. The van der Waals surface area contributed by atoms with Gasteiger partial charge in [-0.15, -0.1) is 0 Å². The molecule has 1 heterocycles. The fourth-order valence-electron chi connectivity index (χ4n) is 2.13. The quantitative estimate of drug-likeness (QED) is 0.631. The Bertz CT molecular complexity index is 597. The van der Waals surface area contributed by atoms with Crippen LogP contribution in [-0.2, 0) is 13.0 Å². The fourth-order valence-corrected chi connectivity index (χ4v) is 2.13. The van der Waals surface area contributed by atoms with Crippen molar-refractivity contribution in [2.45, 2.75) is 32.9 Å². The Morgan fingerprint density at radius 3 is 2.67 bits per heavy atom. The molecule has 0 amide bonds. The van der Waals surface area contributed by atoms with Gasteiger partial charge in [-0.25, -0.2) is 18.4 Å². The van der Waals surface area contributed by atoms with Crippen molar-refractivity contribution < 1.29 is 8.78 Å². The van der Waals surface area contributed by atoms with Crippen molar-refractivity contribution in [2.24, 2.45) is 11.8 Å². The molecule has 0 aliphatic rings. The van der Waals surface area contributed by atoms with E-state index in [0.29, 0.717) is 17.9 Å². The van der Waals surface area contributed by atoms with Gasteiger partial charge >= 0.3 is 0 Å². The zero-order valence-electron chi connectivity index (χ0n) is 12.1. The molecule has 2 aromatic rings. The molecule has 1 atom stereocenters. The number of halogens is 2. The lowest BCUT2D eigenvalue weighted by atomic mass is 10.0.